The lowest BCUT2D eigenvalue weighted by Gasteiger charge is -2.23. The van der Waals surface area contributed by atoms with Crippen molar-refractivity contribution in [3.05, 3.63) is 0 Å². The van der Waals surface area contributed by atoms with E-state index >= 15 is 0 Å². The summed E-state index contributed by atoms with van der Waals surface area (Å²) in [7, 11) is 3.10. The average Bonchev–Trinajstić information content (AvgIpc) is 2.75. The van der Waals surface area contributed by atoms with Gasteiger partial charge in [0.1, 0.15) is 0 Å². The molecule has 0 rings (SSSR count). The van der Waals surface area contributed by atoms with Gasteiger partial charge >= 0.3 is 0 Å². The minimum atomic E-state index is -3.74. The molecule has 0 atom stereocenters. The standard InChI is InChI=1S/C16H34O3S.C13H30N/c1-2-3-4-5-6-7-8-9-10-11-12-13-14-15-16-20(17,18)19;1-5-6-7-8-9-10-11-12-13-14(2,3)4/h2-16H2,1H3,(H,17,18,19);5-13H2,1-4H3/q;+1. The van der Waals surface area contributed by atoms with Crippen LogP contribution in [0.5, 0.6) is 0 Å². The third-order valence-corrected chi connectivity index (χ3v) is 7.24. The summed E-state index contributed by atoms with van der Waals surface area (Å²) in [5, 5.41) is 0. The van der Waals surface area contributed by atoms with Gasteiger partial charge in [0.2, 0.25) is 0 Å². The molecule has 0 fully saturated rings. The van der Waals surface area contributed by atoms with Gasteiger partial charge in [0.15, 0.2) is 0 Å². The van der Waals surface area contributed by atoms with Crippen LogP contribution in [0, 0.1) is 0 Å². The van der Waals surface area contributed by atoms with Crippen LogP contribution >= 0.6 is 0 Å². The van der Waals surface area contributed by atoms with Crippen LogP contribution in [0.3, 0.4) is 0 Å². The molecule has 0 aromatic heterocycles. The summed E-state index contributed by atoms with van der Waals surface area (Å²) in [6, 6.07) is 0. The third-order valence-electron chi connectivity index (χ3n) is 6.44. The summed E-state index contributed by atoms with van der Waals surface area (Å²) in [4.78, 5) is 0. The molecule has 208 valence electrons. The molecule has 0 aliphatic carbocycles. The van der Waals surface area contributed by atoms with Crippen molar-refractivity contribution in [3.8, 4) is 0 Å². The Kier molecular flexibility index (Phi) is 27.5. The topological polar surface area (TPSA) is 54.4 Å². The maximum absolute atomic E-state index is 10.5. The first kappa shape index (κ1) is 36.0. The summed E-state index contributed by atoms with van der Waals surface area (Å²) in [6.45, 7) is 5.86. The molecule has 0 bridgehead atoms. The highest BCUT2D eigenvalue weighted by atomic mass is 32.2. The molecule has 0 aromatic carbocycles. The van der Waals surface area contributed by atoms with Gasteiger partial charge in [-0.1, -0.05) is 136 Å². The molecule has 0 spiro atoms. The summed E-state index contributed by atoms with van der Waals surface area (Å²) in [5.74, 6) is -0.0783. The van der Waals surface area contributed by atoms with Crippen molar-refractivity contribution < 1.29 is 17.5 Å². The van der Waals surface area contributed by atoms with E-state index in [1.54, 1.807) is 0 Å². The summed E-state index contributed by atoms with van der Waals surface area (Å²) in [5.41, 5.74) is 0. The Bertz CT molecular complexity index is 486. The summed E-state index contributed by atoms with van der Waals surface area (Å²) in [6.07, 6.45) is 28.8. The number of quaternary nitrogens is 1. The second-order valence-electron chi connectivity index (χ2n) is 11.4. The lowest BCUT2D eigenvalue weighted by Crippen LogP contribution is -2.35. The Hall–Kier alpha value is -0.130. The van der Waals surface area contributed by atoms with Crippen molar-refractivity contribution in [1.29, 1.82) is 0 Å². The van der Waals surface area contributed by atoms with E-state index in [0.717, 1.165) is 17.3 Å². The fourth-order valence-corrected chi connectivity index (χ4v) is 4.77. The van der Waals surface area contributed by atoms with Crippen LogP contribution in [0.15, 0.2) is 0 Å². The zero-order valence-corrected chi connectivity index (χ0v) is 24.9. The van der Waals surface area contributed by atoms with E-state index in [0.29, 0.717) is 6.42 Å². The molecule has 0 aliphatic rings. The van der Waals surface area contributed by atoms with Gasteiger partial charge in [-0.3, -0.25) is 4.55 Å². The van der Waals surface area contributed by atoms with Gasteiger partial charge in [-0.05, 0) is 19.3 Å². The molecule has 34 heavy (non-hydrogen) atoms. The Morgan fingerprint density at radius 2 is 0.735 bits per heavy atom. The zero-order chi connectivity index (χ0) is 26.0. The van der Waals surface area contributed by atoms with E-state index in [1.807, 2.05) is 0 Å². The van der Waals surface area contributed by atoms with E-state index in [-0.39, 0.29) is 5.75 Å². The fraction of sp³-hybridized carbons (Fsp3) is 1.00. The van der Waals surface area contributed by atoms with Crippen LogP contribution in [0.4, 0.5) is 0 Å². The Morgan fingerprint density at radius 1 is 0.471 bits per heavy atom. The van der Waals surface area contributed by atoms with Gasteiger partial charge in [-0.15, -0.1) is 0 Å². The Morgan fingerprint density at radius 3 is 1.00 bits per heavy atom. The van der Waals surface area contributed by atoms with Crippen LogP contribution in [0.25, 0.3) is 0 Å². The van der Waals surface area contributed by atoms with Gasteiger partial charge in [-0.25, -0.2) is 0 Å². The van der Waals surface area contributed by atoms with E-state index in [2.05, 4.69) is 35.0 Å². The summed E-state index contributed by atoms with van der Waals surface area (Å²) >= 11 is 0. The molecule has 0 saturated carbocycles. The molecule has 0 aliphatic heterocycles. The number of unbranched alkanes of at least 4 members (excludes halogenated alkanes) is 20. The van der Waals surface area contributed by atoms with Gasteiger partial charge in [0.05, 0.1) is 33.4 Å². The van der Waals surface area contributed by atoms with Crippen LogP contribution in [0.2, 0.25) is 0 Å². The minimum absolute atomic E-state index is 0.0783. The molecular formula is C29H64NO3S+. The van der Waals surface area contributed by atoms with Crippen molar-refractivity contribution >= 4 is 10.1 Å². The molecule has 0 aromatic rings. The molecule has 0 unspecified atom stereocenters. The Labute approximate surface area is 216 Å². The molecule has 0 heterocycles. The predicted octanol–water partition coefficient (Wildman–Crippen LogP) is 9.19. The van der Waals surface area contributed by atoms with Gasteiger partial charge in [0.25, 0.3) is 10.1 Å². The lowest BCUT2D eigenvalue weighted by atomic mass is 10.0. The molecule has 0 radical (unpaired) electrons. The maximum Gasteiger partial charge on any atom is 0.264 e. The smallest absolute Gasteiger partial charge is 0.264 e. The average molecular weight is 507 g/mol. The van der Waals surface area contributed by atoms with Crippen LogP contribution < -0.4 is 0 Å². The Balaban J connectivity index is 0. The van der Waals surface area contributed by atoms with Crippen molar-refractivity contribution in [3.63, 3.8) is 0 Å². The number of nitrogens with zero attached hydrogens (tertiary/aromatic N) is 1. The zero-order valence-electron chi connectivity index (χ0n) is 24.1. The number of hydrogen-bond acceptors (Lipinski definition) is 2. The number of hydrogen-bond donors (Lipinski definition) is 1. The molecule has 4 nitrogen and oxygen atoms in total. The van der Waals surface area contributed by atoms with Crippen LogP contribution in [0.1, 0.15) is 155 Å². The summed E-state index contributed by atoms with van der Waals surface area (Å²) < 4.78 is 30.7. The van der Waals surface area contributed by atoms with E-state index in [9.17, 15) is 8.42 Å². The number of rotatable bonds is 24. The monoisotopic (exact) mass is 506 g/mol. The fourth-order valence-electron chi connectivity index (χ4n) is 4.20. The molecular weight excluding hydrogens is 442 g/mol. The normalized spacial score (nSPS) is 11.9. The van der Waals surface area contributed by atoms with Crippen LogP contribution in [-0.4, -0.2) is 50.9 Å². The second kappa shape index (κ2) is 25.9. The van der Waals surface area contributed by atoms with E-state index < -0.39 is 10.1 Å². The van der Waals surface area contributed by atoms with Gasteiger partial charge < -0.3 is 4.48 Å². The minimum Gasteiger partial charge on any atom is -0.331 e. The van der Waals surface area contributed by atoms with Crippen LogP contribution in [-0.2, 0) is 10.1 Å². The van der Waals surface area contributed by atoms with Gasteiger partial charge in [0, 0.05) is 0 Å². The molecule has 0 saturated heterocycles. The highest BCUT2D eigenvalue weighted by molar-refractivity contribution is 7.85. The maximum atomic E-state index is 10.5. The van der Waals surface area contributed by atoms with Crippen molar-refractivity contribution in [2.75, 3.05) is 33.4 Å². The van der Waals surface area contributed by atoms with Gasteiger partial charge in [-0.2, -0.15) is 8.42 Å². The molecule has 1 N–H and O–H groups in total. The highest BCUT2D eigenvalue weighted by Gasteiger charge is 2.05. The van der Waals surface area contributed by atoms with Crippen molar-refractivity contribution in [1.82, 2.24) is 0 Å². The lowest BCUT2D eigenvalue weighted by molar-refractivity contribution is -0.870. The third kappa shape index (κ3) is 39.1. The predicted molar refractivity (Wildman–Crippen MR) is 152 cm³/mol. The second-order valence-corrected chi connectivity index (χ2v) is 12.9. The quantitative estimate of drug-likeness (QED) is 0.0806. The first-order chi connectivity index (χ1) is 16.1. The van der Waals surface area contributed by atoms with E-state index in [4.69, 9.17) is 4.55 Å². The SMILES string of the molecule is CCCCCCCCCCCCCCCCS(=O)(=O)O.CCCCCCCCCC[N+](C)(C)C. The molecule has 5 heteroatoms. The largest absolute Gasteiger partial charge is 0.331 e. The van der Waals surface area contributed by atoms with E-state index in [1.165, 1.54) is 129 Å². The van der Waals surface area contributed by atoms with Crippen molar-refractivity contribution in [2.24, 2.45) is 0 Å². The first-order valence-electron chi connectivity index (χ1n) is 14.9. The first-order valence-corrected chi connectivity index (χ1v) is 16.5. The highest BCUT2D eigenvalue weighted by Crippen LogP contribution is 2.13. The van der Waals surface area contributed by atoms with Crippen molar-refractivity contribution in [2.45, 2.75) is 155 Å². The molecule has 0 amide bonds.